The highest BCUT2D eigenvalue weighted by Gasteiger charge is 2.23. The van der Waals surface area contributed by atoms with E-state index in [4.69, 9.17) is 10.0 Å². The molecule has 0 atom stereocenters. The van der Waals surface area contributed by atoms with E-state index in [-0.39, 0.29) is 20.9 Å². The zero-order valence-corrected chi connectivity index (χ0v) is 24.2. The van der Waals surface area contributed by atoms with Gasteiger partial charge in [0.2, 0.25) is 0 Å². The molecular weight excluding hydrogens is 558 g/mol. The standard InChI is InChI=1S/2C18H13S.BFO2/c2*1-2-8-14(9-3-1)19-17-12-6-4-10-15(17)16-11-5-7-13-18(16)19;2-1(3)4/h2*1-13H;/q2*+1;-2. The molecule has 0 saturated carbocycles. The Kier molecular flexibility index (Phi) is 8.40. The predicted octanol–water partition coefficient (Wildman–Crippen LogP) is 9.12. The summed E-state index contributed by atoms with van der Waals surface area (Å²) in [6.07, 6.45) is 0. The van der Waals surface area contributed by atoms with E-state index in [0.717, 1.165) is 0 Å². The molecule has 0 fully saturated rings. The molecule has 2 nitrogen and oxygen atoms in total. The lowest BCUT2D eigenvalue weighted by Crippen LogP contribution is -2.39. The SMILES string of the molecule is [O-]B([O-])F.c1ccc(-[s+]2c3ccccc3c3ccccc32)cc1.c1ccc(-[s+]2c3ccccc3c3ccccc32)cc1. The molecule has 0 aliphatic rings. The second-order valence-electron chi connectivity index (χ2n) is 9.50. The van der Waals surface area contributed by atoms with Crippen LogP contribution >= 0.6 is 20.9 Å². The largest absolute Gasteiger partial charge is 0.867 e. The van der Waals surface area contributed by atoms with Crippen molar-refractivity contribution in [3.05, 3.63) is 158 Å². The summed E-state index contributed by atoms with van der Waals surface area (Å²) in [5.74, 6) is 0. The first-order valence-corrected chi connectivity index (χ1v) is 16.0. The molecule has 204 valence electrons. The van der Waals surface area contributed by atoms with Gasteiger partial charge in [0.1, 0.15) is 7.40 Å². The molecular formula is C36H26BFO2S2. The van der Waals surface area contributed by atoms with Gasteiger partial charge in [0.05, 0.1) is 0 Å². The zero-order valence-electron chi connectivity index (χ0n) is 22.6. The van der Waals surface area contributed by atoms with Crippen LogP contribution in [0.4, 0.5) is 4.32 Å². The summed E-state index contributed by atoms with van der Waals surface area (Å²) in [5, 5.41) is 22.2. The van der Waals surface area contributed by atoms with E-state index in [1.54, 1.807) is 0 Å². The maximum Gasteiger partial charge on any atom is 0.187 e. The van der Waals surface area contributed by atoms with Crippen molar-refractivity contribution in [2.75, 3.05) is 0 Å². The van der Waals surface area contributed by atoms with Gasteiger partial charge >= 0.3 is 0 Å². The Morgan fingerprint density at radius 3 is 0.833 bits per heavy atom. The summed E-state index contributed by atoms with van der Waals surface area (Å²) in [6, 6.07) is 56.8. The Hall–Kier alpha value is -4.33. The van der Waals surface area contributed by atoms with Gasteiger partial charge in [0.25, 0.3) is 0 Å². The van der Waals surface area contributed by atoms with Crippen molar-refractivity contribution < 1.29 is 14.4 Å². The molecule has 0 saturated heterocycles. The van der Waals surface area contributed by atoms with Crippen molar-refractivity contribution >= 4 is 68.7 Å². The lowest BCUT2D eigenvalue weighted by Gasteiger charge is -2.09. The Labute approximate surface area is 249 Å². The van der Waals surface area contributed by atoms with Gasteiger partial charge in [-0.05, 0) is 72.8 Å². The van der Waals surface area contributed by atoms with Gasteiger partial charge in [-0.1, -0.05) is 84.9 Å². The molecule has 0 radical (unpaired) electrons. The third-order valence-electron chi connectivity index (χ3n) is 6.97. The summed E-state index contributed by atoms with van der Waals surface area (Å²) in [5.41, 5.74) is 0. The van der Waals surface area contributed by atoms with Crippen molar-refractivity contribution in [2.24, 2.45) is 0 Å². The highest BCUT2D eigenvalue weighted by molar-refractivity contribution is 7.50. The number of hydrogen-bond acceptors (Lipinski definition) is 2. The van der Waals surface area contributed by atoms with E-state index in [1.807, 2.05) is 0 Å². The molecule has 0 spiro atoms. The molecule has 8 aromatic rings. The van der Waals surface area contributed by atoms with Gasteiger partial charge in [-0.2, -0.15) is 0 Å². The lowest BCUT2D eigenvalue weighted by atomic mass is 10.2. The molecule has 0 bridgehead atoms. The minimum Gasteiger partial charge on any atom is -0.867 e. The van der Waals surface area contributed by atoms with Gasteiger partial charge in [-0.25, -0.2) is 0 Å². The molecule has 2 heterocycles. The second-order valence-corrected chi connectivity index (χ2v) is 13.4. The quantitative estimate of drug-likeness (QED) is 0.150. The first-order valence-electron chi connectivity index (χ1n) is 13.5. The van der Waals surface area contributed by atoms with Crippen LogP contribution < -0.4 is 10.0 Å². The van der Waals surface area contributed by atoms with E-state index in [2.05, 4.69) is 158 Å². The lowest BCUT2D eigenvalue weighted by molar-refractivity contribution is -0.366. The van der Waals surface area contributed by atoms with Crippen molar-refractivity contribution in [3.63, 3.8) is 0 Å². The number of halogens is 1. The highest BCUT2D eigenvalue weighted by atomic mass is 32.2. The topological polar surface area (TPSA) is 46.1 Å². The van der Waals surface area contributed by atoms with Gasteiger partial charge in [0, 0.05) is 42.5 Å². The summed E-state index contributed by atoms with van der Waals surface area (Å²) in [4.78, 5) is 2.81. The van der Waals surface area contributed by atoms with Gasteiger partial charge in [0.15, 0.2) is 28.6 Å². The molecule has 0 N–H and O–H groups in total. The van der Waals surface area contributed by atoms with Crippen LogP contribution in [0.15, 0.2) is 158 Å². The van der Waals surface area contributed by atoms with E-state index < -0.39 is 7.40 Å². The highest BCUT2D eigenvalue weighted by Crippen LogP contribution is 2.49. The van der Waals surface area contributed by atoms with Crippen molar-refractivity contribution in [2.45, 2.75) is 0 Å². The predicted molar refractivity (Wildman–Crippen MR) is 177 cm³/mol. The Morgan fingerprint density at radius 2 is 0.571 bits per heavy atom. The first-order chi connectivity index (χ1) is 20.6. The zero-order chi connectivity index (χ0) is 28.9. The summed E-state index contributed by atoms with van der Waals surface area (Å²) in [7, 11) is -3.05. The molecule has 0 aliphatic heterocycles. The smallest absolute Gasteiger partial charge is 0.187 e. The first kappa shape index (κ1) is 27.8. The van der Waals surface area contributed by atoms with Crippen LogP contribution in [0.2, 0.25) is 0 Å². The van der Waals surface area contributed by atoms with Crippen LogP contribution in [-0.4, -0.2) is 7.40 Å². The fourth-order valence-corrected chi connectivity index (χ4v) is 10.1. The second kappa shape index (κ2) is 12.7. The van der Waals surface area contributed by atoms with E-state index in [0.29, 0.717) is 0 Å². The number of fused-ring (bicyclic) bond motifs is 6. The molecule has 0 unspecified atom stereocenters. The van der Waals surface area contributed by atoms with Crippen molar-refractivity contribution in [1.82, 2.24) is 0 Å². The third kappa shape index (κ3) is 5.58. The molecule has 8 rings (SSSR count). The summed E-state index contributed by atoms with van der Waals surface area (Å²) >= 11 is 0. The Balaban J connectivity index is 0.000000134. The number of thiophene rings is 2. The Morgan fingerprint density at radius 1 is 0.357 bits per heavy atom. The maximum absolute atomic E-state index is 9.89. The number of benzene rings is 6. The molecule has 0 amide bonds. The van der Waals surface area contributed by atoms with Crippen molar-refractivity contribution in [3.8, 4) is 9.79 Å². The average molecular weight is 585 g/mol. The fraction of sp³-hybridized carbons (Fsp3) is 0. The normalized spacial score (nSPS) is 10.7. The van der Waals surface area contributed by atoms with Crippen LogP contribution in [0, 0.1) is 0 Å². The number of hydrogen-bond donors (Lipinski definition) is 0. The average Bonchev–Trinajstić information content (AvgIpc) is 3.55. The van der Waals surface area contributed by atoms with E-state index >= 15 is 0 Å². The summed E-state index contributed by atoms with van der Waals surface area (Å²) in [6.45, 7) is 0. The molecule has 0 aliphatic carbocycles. The minimum atomic E-state index is -3.17. The molecule has 6 aromatic carbocycles. The van der Waals surface area contributed by atoms with E-state index in [1.165, 1.54) is 50.1 Å². The molecule has 6 heteroatoms. The summed E-state index contributed by atoms with van der Waals surface area (Å²) < 4.78 is 15.7. The van der Waals surface area contributed by atoms with Crippen LogP contribution in [0.25, 0.3) is 50.1 Å². The van der Waals surface area contributed by atoms with E-state index in [9.17, 15) is 4.32 Å². The number of rotatable bonds is 2. The van der Waals surface area contributed by atoms with Crippen molar-refractivity contribution in [1.29, 1.82) is 0 Å². The van der Waals surface area contributed by atoms with Gasteiger partial charge < -0.3 is 14.4 Å². The van der Waals surface area contributed by atoms with Crippen LogP contribution in [0.3, 0.4) is 0 Å². The Bertz CT molecular complexity index is 1830. The van der Waals surface area contributed by atoms with Crippen LogP contribution in [0.1, 0.15) is 0 Å². The van der Waals surface area contributed by atoms with Crippen LogP contribution in [-0.2, 0) is 0 Å². The maximum atomic E-state index is 9.89. The van der Waals surface area contributed by atoms with Gasteiger partial charge in [-0.15, -0.1) is 0 Å². The minimum absolute atomic E-state index is 0.0594. The van der Waals surface area contributed by atoms with Crippen LogP contribution in [0.5, 0.6) is 0 Å². The fourth-order valence-electron chi connectivity index (χ4n) is 5.33. The molecule has 2 aromatic heterocycles. The van der Waals surface area contributed by atoms with Gasteiger partial charge in [-0.3, -0.25) is 0 Å². The third-order valence-corrected chi connectivity index (χ3v) is 11.6. The molecule has 42 heavy (non-hydrogen) atoms. The monoisotopic (exact) mass is 584 g/mol.